The maximum Gasteiger partial charge on any atom is 0.238 e. The Kier molecular flexibility index (Phi) is 6.62. The highest BCUT2D eigenvalue weighted by Gasteiger charge is 2.37. The quantitative estimate of drug-likeness (QED) is 0.721. The first-order valence-electron chi connectivity index (χ1n) is 8.40. The Labute approximate surface area is 144 Å². The average molecular weight is 354 g/mol. The maximum absolute atomic E-state index is 12.3. The van der Waals surface area contributed by atoms with Gasteiger partial charge in [-0.3, -0.25) is 4.79 Å². The van der Waals surface area contributed by atoms with E-state index in [0.717, 1.165) is 17.7 Å². The van der Waals surface area contributed by atoms with Crippen molar-refractivity contribution in [2.45, 2.75) is 39.2 Å². The lowest BCUT2D eigenvalue weighted by atomic mass is 10.2. The van der Waals surface area contributed by atoms with Crippen LogP contribution in [-0.2, 0) is 14.8 Å². The molecule has 1 aromatic rings. The molecule has 134 valence electrons. The molecule has 0 saturated carbocycles. The van der Waals surface area contributed by atoms with E-state index >= 15 is 0 Å². The summed E-state index contributed by atoms with van der Waals surface area (Å²) < 4.78 is 31.3. The van der Waals surface area contributed by atoms with Gasteiger partial charge < -0.3 is 10.1 Å². The van der Waals surface area contributed by atoms with E-state index in [4.69, 9.17) is 4.74 Å². The summed E-state index contributed by atoms with van der Waals surface area (Å²) in [5.74, 6) is 0.607. The van der Waals surface area contributed by atoms with Gasteiger partial charge in [0.05, 0.1) is 12.3 Å². The minimum atomic E-state index is -3.34. The summed E-state index contributed by atoms with van der Waals surface area (Å²) in [6.45, 7) is 4.96. The fraction of sp³-hybridized carbons (Fsp3) is 0.588. The number of sulfonamides is 1. The summed E-state index contributed by atoms with van der Waals surface area (Å²) in [6.07, 6.45) is 1.85. The first-order chi connectivity index (χ1) is 11.4. The number of hydrogen-bond acceptors (Lipinski definition) is 4. The van der Waals surface area contributed by atoms with E-state index in [9.17, 15) is 13.2 Å². The molecule has 1 N–H and O–H groups in total. The van der Waals surface area contributed by atoms with Gasteiger partial charge >= 0.3 is 0 Å². The third-order valence-corrected chi connectivity index (χ3v) is 6.09. The number of carbonyl (C=O) groups excluding carboxylic acids is 1. The zero-order valence-electron chi connectivity index (χ0n) is 14.3. The molecule has 1 atom stereocenters. The van der Waals surface area contributed by atoms with E-state index < -0.39 is 16.1 Å². The Bertz CT molecular complexity index is 643. The Morgan fingerprint density at radius 2 is 2.04 bits per heavy atom. The van der Waals surface area contributed by atoms with Crippen LogP contribution < -0.4 is 10.1 Å². The molecule has 0 spiro atoms. The van der Waals surface area contributed by atoms with Crippen molar-refractivity contribution in [3.05, 3.63) is 29.8 Å². The lowest BCUT2D eigenvalue weighted by Gasteiger charge is -2.23. The van der Waals surface area contributed by atoms with Crippen LogP contribution in [0.15, 0.2) is 24.3 Å². The molecule has 2 rings (SSSR count). The molecule has 0 radical (unpaired) electrons. The van der Waals surface area contributed by atoms with Crippen LogP contribution in [0, 0.1) is 6.92 Å². The Morgan fingerprint density at radius 3 is 2.71 bits per heavy atom. The normalized spacial score (nSPS) is 18.5. The molecule has 1 aliphatic rings. The van der Waals surface area contributed by atoms with E-state index in [0.29, 0.717) is 32.5 Å². The molecule has 1 unspecified atom stereocenters. The number of nitrogens with zero attached hydrogens (tertiary/aromatic N) is 1. The minimum absolute atomic E-state index is 0.0906. The molecule has 24 heavy (non-hydrogen) atoms. The third-order valence-electron chi connectivity index (χ3n) is 4.02. The molecule has 0 aliphatic carbocycles. The molecule has 1 amide bonds. The number of ether oxygens (including phenoxy) is 1. The first-order valence-corrected chi connectivity index (χ1v) is 10.0. The SMILES string of the molecule is CCCS(=O)(=O)N1CCCC1C(=O)NCCOc1ccc(C)cc1. The number of nitrogens with one attached hydrogen (secondary N) is 1. The number of carbonyl (C=O) groups is 1. The minimum Gasteiger partial charge on any atom is -0.492 e. The van der Waals surface area contributed by atoms with Crippen molar-refractivity contribution in [1.29, 1.82) is 0 Å². The van der Waals surface area contributed by atoms with Gasteiger partial charge in [-0.1, -0.05) is 24.6 Å². The molecule has 0 aromatic heterocycles. The lowest BCUT2D eigenvalue weighted by molar-refractivity contribution is -0.124. The zero-order valence-corrected chi connectivity index (χ0v) is 15.1. The summed E-state index contributed by atoms with van der Waals surface area (Å²) in [6, 6.07) is 7.10. The van der Waals surface area contributed by atoms with Crippen molar-refractivity contribution in [2.75, 3.05) is 25.4 Å². The molecule has 1 fully saturated rings. The van der Waals surface area contributed by atoms with Gasteiger partial charge in [0.2, 0.25) is 15.9 Å². The van der Waals surface area contributed by atoms with Crippen LogP contribution in [0.4, 0.5) is 0 Å². The molecule has 1 heterocycles. The van der Waals surface area contributed by atoms with Crippen LogP contribution in [0.5, 0.6) is 5.75 Å². The van der Waals surface area contributed by atoms with Crippen LogP contribution >= 0.6 is 0 Å². The van der Waals surface area contributed by atoms with E-state index in [-0.39, 0.29) is 11.7 Å². The Morgan fingerprint density at radius 1 is 1.33 bits per heavy atom. The summed E-state index contributed by atoms with van der Waals surface area (Å²) in [5.41, 5.74) is 1.16. The van der Waals surface area contributed by atoms with Gasteiger partial charge in [-0.05, 0) is 38.3 Å². The second-order valence-electron chi connectivity index (χ2n) is 6.04. The van der Waals surface area contributed by atoms with E-state index in [1.807, 2.05) is 38.1 Å². The topological polar surface area (TPSA) is 75.7 Å². The smallest absolute Gasteiger partial charge is 0.238 e. The van der Waals surface area contributed by atoms with Crippen molar-refractivity contribution in [2.24, 2.45) is 0 Å². The number of amides is 1. The number of rotatable bonds is 8. The van der Waals surface area contributed by atoms with Crippen LogP contribution in [0.25, 0.3) is 0 Å². The van der Waals surface area contributed by atoms with Crippen molar-refractivity contribution in [3.63, 3.8) is 0 Å². The van der Waals surface area contributed by atoms with Crippen molar-refractivity contribution in [3.8, 4) is 5.75 Å². The van der Waals surface area contributed by atoms with Gasteiger partial charge in [-0.2, -0.15) is 4.31 Å². The number of benzene rings is 1. The zero-order chi connectivity index (χ0) is 17.6. The van der Waals surface area contributed by atoms with Crippen molar-refractivity contribution >= 4 is 15.9 Å². The Hall–Kier alpha value is -1.60. The monoisotopic (exact) mass is 354 g/mol. The molecular weight excluding hydrogens is 328 g/mol. The van der Waals surface area contributed by atoms with Crippen LogP contribution in [-0.4, -0.2) is 50.1 Å². The second-order valence-corrected chi connectivity index (χ2v) is 8.08. The average Bonchev–Trinajstić information content (AvgIpc) is 3.03. The highest BCUT2D eigenvalue weighted by molar-refractivity contribution is 7.89. The molecule has 1 aromatic carbocycles. The Balaban J connectivity index is 1.80. The molecular formula is C17H26N2O4S. The summed E-state index contributed by atoms with van der Waals surface area (Å²) in [4.78, 5) is 12.3. The number of aryl methyl sites for hydroxylation is 1. The van der Waals surface area contributed by atoms with Crippen molar-refractivity contribution in [1.82, 2.24) is 9.62 Å². The van der Waals surface area contributed by atoms with Gasteiger partial charge in [-0.15, -0.1) is 0 Å². The molecule has 1 saturated heterocycles. The maximum atomic E-state index is 12.3. The van der Waals surface area contributed by atoms with E-state index in [2.05, 4.69) is 5.32 Å². The van der Waals surface area contributed by atoms with Crippen LogP contribution in [0.1, 0.15) is 31.7 Å². The molecule has 0 bridgehead atoms. The fourth-order valence-electron chi connectivity index (χ4n) is 2.81. The van der Waals surface area contributed by atoms with Gasteiger partial charge in [-0.25, -0.2) is 8.42 Å². The van der Waals surface area contributed by atoms with Gasteiger partial charge in [0, 0.05) is 6.54 Å². The van der Waals surface area contributed by atoms with Crippen LogP contribution in [0.2, 0.25) is 0 Å². The highest BCUT2D eigenvalue weighted by Crippen LogP contribution is 2.22. The molecule has 7 heteroatoms. The summed E-state index contributed by atoms with van der Waals surface area (Å²) >= 11 is 0. The number of hydrogen-bond donors (Lipinski definition) is 1. The summed E-state index contributed by atoms with van der Waals surface area (Å²) in [5, 5.41) is 2.78. The van der Waals surface area contributed by atoms with Gasteiger partial charge in [0.15, 0.2) is 0 Å². The van der Waals surface area contributed by atoms with Crippen molar-refractivity contribution < 1.29 is 17.9 Å². The fourth-order valence-corrected chi connectivity index (χ4v) is 4.55. The lowest BCUT2D eigenvalue weighted by Crippen LogP contribution is -2.47. The second kappa shape index (κ2) is 8.48. The predicted molar refractivity (Wildman–Crippen MR) is 93.5 cm³/mol. The highest BCUT2D eigenvalue weighted by atomic mass is 32.2. The largest absolute Gasteiger partial charge is 0.492 e. The third kappa shape index (κ3) is 4.95. The van der Waals surface area contributed by atoms with Gasteiger partial charge in [0.1, 0.15) is 18.4 Å². The first kappa shape index (κ1) is 18.7. The van der Waals surface area contributed by atoms with Crippen LogP contribution in [0.3, 0.4) is 0 Å². The standard InChI is InChI=1S/C17H26N2O4S/c1-3-13-24(21,22)19-11-4-5-16(19)17(20)18-10-12-23-15-8-6-14(2)7-9-15/h6-9,16H,3-5,10-13H2,1-2H3,(H,18,20). The van der Waals surface area contributed by atoms with E-state index in [1.165, 1.54) is 4.31 Å². The molecule has 1 aliphatic heterocycles. The molecule has 6 nitrogen and oxygen atoms in total. The predicted octanol–water partition coefficient (Wildman–Crippen LogP) is 1.69. The summed E-state index contributed by atoms with van der Waals surface area (Å²) in [7, 11) is -3.34. The van der Waals surface area contributed by atoms with E-state index in [1.54, 1.807) is 0 Å². The van der Waals surface area contributed by atoms with Gasteiger partial charge in [0.25, 0.3) is 0 Å².